The zero-order valence-corrected chi connectivity index (χ0v) is 21.9. The van der Waals surface area contributed by atoms with Crippen LogP contribution in [0.1, 0.15) is 42.1 Å². The number of rotatable bonds is 6. The van der Waals surface area contributed by atoms with Gasteiger partial charge in [-0.3, -0.25) is 9.69 Å². The van der Waals surface area contributed by atoms with E-state index >= 15 is 0 Å². The summed E-state index contributed by atoms with van der Waals surface area (Å²) < 4.78 is 0. The Hall–Kier alpha value is -2.86. The molecule has 0 aliphatic carbocycles. The van der Waals surface area contributed by atoms with Crippen molar-refractivity contribution in [2.45, 2.75) is 38.3 Å². The van der Waals surface area contributed by atoms with Gasteiger partial charge >= 0.3 is 6.54 Å². The Bertz CT molecular complexity index is 1140. The lowest BCUT2D eigenvalue weighted by molar-refractivity contribution is 0.0491. The van der Waals surface area contributed by atoms with Crippen LogP contribution in [0.4, 0.5) is 5.82 Å². The maximum atomic E-state index is 12.9. The van der Waals surface area contributed by atoms with Gasteiger partial charge in [-0.05, 0) is 49.6 Å². The van der Waals surface area contributed by atoms with Gasteiger partial charge in [0.25, 0.3) is 12.5 Å². The fourth-order valence-electron chi connectivity index (χ4n) is 5.17. The second-order valence-electron chi connectivity index (χ2n) is 9.19. The van der Waals surface area contributed by atoms with Gasteiger partial charge in [0.05, 0.1) is 5.02 Å². The number of pyridine rings is 1. The summed E-state index contributed by atoms with van der Waals surface area (Å²) in [6.45, 7) is 11.6. The molecule has 0 radical (unpaired) electrons. The number of hydrogen-bond acceptors (Lipinski definition) is 6. The molecule has 2 aliphatic heterocycles. The van der Waals surface area contributed by atoms with Crippen LogP contribution >= 0.6 is 23.2 Å². The molecular formula is C26H31Cl2N6O2+. The second kappa shape index (κ2) is 11.9. The number of nitrogens with zero attached hydrogens (tertiary/aromatic N) is 6. The fraction of sp³-hybridized carbons (Fsp3) is 0.462. The first-order valence-corrected chi connectivity index (χ1v) is 13.0. The summed E-state index contributed by atoms with van der Waals surface area (Å²) in [7, 11) is 0. The zero-order chi connectivity index (χ0) is 25.7. The summed E-state index contributed by atoms with van der Waals surface area (Å²) in [6.07, 6.45) is 4.57. The van der Waals surface area contributed by atoms with Crippen LogP contribution in [0.3, 0.4) is 0 Å². The minimum atomic E-state index is 0.0701. The van der Waals surface area contributed by atoms with Crippen LogP contribution in [-0.4, -0.2) is 83.0 Å². The number of benzene rings is 1. The van der Waals surface area contributed by atoms with E-state index in [0.29, 0.717) is 39.0 Å². The molecule has 2 aliphatic rings. The minimum Gasteiger partial charge on any atom is -0.410 e. The quantitative estimate of drug-likeness (QED) is 0.332. The highest BCUT2D eigenvalue weighted by Crippen LogP contribution is 2.30. The summed E-state index contributed by atoms with van der Waals surface area (Å²) in [5.41, 5.74) is 1.59. The average Bonchev–Trinajstić information content (AvgIpc) is 2.91. The Balaban J connectivity index is 1.37. The number of halogens is 2. The molecule has 1 aromatic heterocycles. The molecular weight excluding hydrogens is 499 g/mol. The first-order valence-electron chi connectivity index (χ1n) is 12.2. The summed E-state index contributed by atoms with van der Waals surface area (Å²) in [5, 5.41) is 13.6. The molecule has 2 fully saturated rings. The highest BCUT2D eigenvalue weighted by molar-refractivity contribution is 6.33. The van der Waals surface area contributed by atoms with E-state index in [1.807, 2.05) is 4.90 Å². The lowest BCUT2D eigenvalue weighted by Crippen LogP contribution is -2.58. The van der Waals surface area contributed by atoms with Crippen molar-refractivity contribution in [3.05, 3.63) is 62.5 Å². The third kappa shape index (κ3) is 5.75. The highest BCUT2D eigenvalue weighted by Gasteiger charge is 2.35. The number of hydrogen-bond donors (Lipinski definition) is 1. The van der Waals surface area contributed by atoms with E-state index in [0.717, 1.165) is 57.8 Å². The molecule has 8 nitrogen and oxygen atoms in total. The minimum absolute atomic E-state index is 0.0701. The Morgan fingerprint density at radius 3 is 2.50 bits per heavy atom. The largest absolute Gasteiger partial charge is 0.410 e. The number of amides is 1. The first kappa shape index (κ1) is 26.2. The molecule has 4 rings (SSSR count). The molecule has 1 N–H and O–H groups in total. The number of oxime groups is 1. The molecule has 0 bridgehead atoms. The van der Waals surface area contributed by atoms with Gasteiger partial charge in [-0.15, -0.1) is 0 Å². The molecule has 2 saturated heterocycles. The smallest absolute Gasteiger partial charge is 0.308 e. The van der Waals surface area contributed by atoms with Gasteiger partial charge in [-0.2, -0.15) is 0 Å². The molecule has 2 aromatic rings. The number of carbonyl (C=O) groups excluding carboxylic acids is 1. The predicted molar refractivity (Wildman–Crippen MR) is 144 cm³/mol. The van der Waals surface area contributed by atoms with Crippen molar-refractivity contribution in [1.29, 1.82) is 0 Å². The van der Waals surface area contributed by atoms with E-state index < -0.39 is 0 Å². The lowest BCUT2D eigenvalue weighted by atomic mass is 9.97. The number of aromatic nitrogens is 1. The van der Waals surface area contributed by atoms with E-state index in [-0.39, 0.29) is 12.5 Å². The molecule has 190 valence electrons. The predicted octanol–water partition coefficient (Wildman–Crippen LogP) is 4.73. The highest BCUT2D eigenvalue weighted by atomic mass is 35.5. The molecule has 1 aromatic carbocycles. The fourth-order valence-corrected chi connectivity index (χ4v) is 5.58. The van der Waals surface area contributed by atoms with Gasteiger partial charge in [0, 0.05) is 67.2 Å². The van der Waals surface area contributed by atoms with Crippen LogP contribution in [0, 0.1) is 6.57 Å². The van der Waals surface area contributed by atoms with E-state index in [9.17, 15) is 10.0 Å². The summed E-state index contributed by atoms with van der Waals surface area (Å²) >= 11 is 12.5. The van der Waals surface area contributed by atoms with Crippen LogP contribution in [-0.2, 0) is 0 Å². The molecule has 1 atom stereocenters. The van der Waals surface area contributed by atoms with E-state index in [1.54, 1.807) is 36.5 Å². The molecule has 0 unspecified atom stereocenters. The van der Waals surface area contributed by atoms with Gasteiger partial charge in [-0.25, -0.2) is 4.98 Å². The number of piperidine rings is 1. The van der Waals surface area contributed by atoms with Crippen LogP contribution in [0.5, 0.6) is 0 Å². The Kier molecular flexibility index (Phi) is 8.68. The maximum Gasteiger partial charge on any atom is 0.308 e. The van der Waals surface area contributed by atoms with Crippen LogP contribution in [0.2, 0.25) is 10.0 Å². The molecule has 0 saturated carbocycles. The van der Waals surface area contributed by atoms with Gasteiger partial charge < -0.3 is 15.0 Å². The first-order chi connectivity index (χ1) is 17.4. The Labute approximate surface area is 221 Å². The molecule has 10 heteroatoms. The summed E-state index contributed by atoms with van der Waals surface area (Å²) in [6, 6.07) is 9.66. The van der Waals surface area contributed by atoms with Crippen molar-refractivity contribution in [3.8, 4) is 6.57 Å². The summed E-state index contributed by atoms with van der Waals surface area (Å²) in [5.74, 6) is 0.796. The average molecular weight is 530 g/mol. The normalized spacial score (nSPS) is 19.8. The number of piperazine rings is 1. The maximum absolute atomic E-state index is 12.9. The number of anilines is 1. The number of carbonyl (C=O) groups is 1. The van der Waals surface area contributed by atoms with Crippen molar-refractivity contribution >= 4 is 40.6 Å². The topological polar surface area (TPSA) is 76.6 Å². The SMILES string of the molecule is C#[N+]C/C(=N\O)c1cnc(N2CCN(C3CCN(C(=O)c4ccc(Cl)cc4)CC3)[C@@H](CC)C2)c(Cl)c1. The van der Waals surface area contributed by atoms with Gasteiger partial charge in [0.1, 0.15) is 5.82 Å². The van der Waals surface area contributed by atoms with E-state index in [4.69, 9.17) is 29.8 Å². The van der Waals surface area contributed by atoms with Gasteiger partial charge in [0.15, 0.2) is 5.71 Å². The number of likely N-dealkylation sites (tertiary alicyclic amines) is 1. The molecule has 36 heavy (non-hydrogen) atoms. The van der Waals surface area contributed by atoms with Crippen LogP contribution in [0.15, 0.2) is 41.7 Å². The third-order valence-corrected chi connectivity index (χ3v) is 7.66. The van der Waals surface area contributed by atoms with Gasteiger partial charge in [0.2, 0.25) is 0 Å². The van der Waals surface area contributed by atoms with Crippen LogP contribution in [0.25, 0.3) is 4.85 Å². The van der Waals surface area contributed by atoms with E-state index in [1.165, 1.54) is 0 Å². The second-order valence-corrected chi connectivity index (χ2v) is 10.0. The monoisotopic (exact) mass is 529 g/mol. The molecule has 3 heterocycles. The van der Waals surface area contributed by atoms with Crippen LogP contribution < -0.4 is 4.90 Å². The third-order valence-electron chi connectivity index (χ3n) is 7.13. The Morgan fingerprint density at radius 1 is 1.17 bits per heavy atom. The Morgan fingerprint density at radius 2 is 1.89 bits per heavy atom. The van der Waals surface area contributed by atoms with Gasteiger partial charge in [-0.1, -0.05) is 40.1 Å². The zero-order valence-electron chi connectivity index (χ0n) is 20.4. The molecule has 0 spiro atoms. The summed E-state index contributed by atoms with van der Waals surface area (Å²) in [4.78, 5) is 27.7. The van der Waals surface area contributed by atoms with Crippen molar-refractivity contribution in [1.82, 2.24) is 14.8 Å². The van der Waals surface area contributed by atoms with E-state index in [2.05, 4.69) is 31.7 Å². The standard InChI is InChI=1S/C26H30Cl2N6O2/c1-3-21-17-33(25-23(28)14-19(15-30-25)24(31-36)16-29-2)12-13-34(21)22-8-10-32(11-9-22)26(35)18-4-6-20(27)7-5-18/h2,4-7,14-15,21-22H,3,8-13,16-17H2,1H3/p+1/b31-24+/t21-/m0/s1. The lowest BCUT2D eigenvalue weighted by Gasteiger charge is -2.47. The van der Waals surface area contributed by atoms with Crippen molar-refractivity contribution in [3.63, 3.8) is 0 Å². The van der Waals surface area contributed by atoms with Crippen molar-refractivity contribution < 1.29 is 10.0 Å². The van der Waals surface area contributed by atoms with Crippen molar-refractivity contribution in [2.75, 3.05) is 44.2 Å². The van der Waals surface area contributed by atoms with Crippen molar-refractivity contribution in [2.24, 2.45) is 5.16 Å². The molecule has 1 amide bonds.